The third-order valence-electron chi connectivity index (χ3n) is 3.84. The van der Waals surface area contributed by atoms with Gasteiger partial charge in [0.05, 0.1) is 0 Å². The van der Waals surface area contributed by atoms with Crippen LogP contribution in [0.15, 0.2) is 23.5 Å². The quantitative estimate of drug-likeness (QED) is 0.213. The van der Waals surface area contributed by atoms with Crippen molar-refractivity contribution in [2.24, 2.45) is 4.99 Å². The van der Waals surface area contributed by atoms with E-state index in [-0.39, 0.29) is 36.1 Å². The Kier molecular flexibility index (Phi) is 13.7. The standard InChI is InChI=1S/C20H38N6O2.HI/c1-7-21-18(22-11-8-14-25-15-10-13-24-25)23-12-9-16-26(17(2)3)19(27)28-20(4,5)6;/h10,13,15,17H,7-9,11-12,14,16H2,1-6H3,(H2,21,22,23);1H. The highest BCUT2D eigenvalue weighted by Crippen LogP contribution is 2.12. The number of hydrogen-bond acceptors (Lipinski definition) is 4. The molecule has 2 N–H and O–H groups in total. The molecule has 0 unspecified atom stereocenters. The van der Waals surface area contributed by atoms with Crippen molar-refractivity contribution < 1.29 is 9.53 Å². The first-order valence-electron chi connectivity index (χ1n) is 10.2. The predicted octanol–water partition coefficient (Wildman–Crippen LogP) is 3.48. The van der Waals surface area contributed by atoms with Crippen LogP contribution in [-0.4, -0.2) is 64.6 Å². The number of rotatable bonds is 10. The highest BCUT2D eigenvalue weighted by atomic mass is 127. The van der Waals surface area contributed by atoms with E-state index in [2.05, 4.69) is 20.7 Å². The maximum atomic E-state index is 12.3. The average Bonchev–Trinajstić information content (AvgIpc) is 3.09. The van der Waals surface area contributed by atoms with Crippen molar-refractivity contribution in [3.8, 4) is 0 Å². The van der Waals surface area contributed by atoms with E-state index in [1.54, 1.807) is 11.1 Å². The summed E-state index contributed by atoms with van der Waals surface area (Å²) in [5, 5.41) is 10.8. The molecule has 168 valence electrons. The summed E-state index contributed by atoms with van der Waals surface area (Å²) in [5.41, 5.74) is -0.485. The van der Waals surface area contributed by atoms with Crippen LogP contribution >= 0.6 is 24.0 Å². The molecular formula is C20H39IN6O2. The van der Waals surface area contributed by atoms with Crippen molar-refractivity contribution in [1.29, 1.82) is 0 Å². The minimum absolute atomic E-state index is 0. The van der Waals surface area contributed by atoms with E-state index in [1.807, 2.05) is 58.5 Å². The van der Waals surface area contributed by atoms with E-state index in [4.69, 9.17) is 4.74 Å². The Bertz CT molecular complexity index is 584. The van der Waals surface area contributed by atoms with Gasteiger partial charge in [-0.05, 0) is 60.5 Å². The third kappa shape index (κ3) is 12.6. The molecule has 9 heteroatoms. The maximum absolute atomic E-state index is 12.3. The lowest BCUT2D eigenvalue weighted by atomic mass is 10.2. The number of aliphatic imine (C=N–C) groups is 1. The summed E-state index contributed by atoms with van der Waals surface area (Å²) in [6.45, 7) is 15.5. The van der Waals surface area contributed by atoms with Crippen LogP contribution in [0.5, 0.6) is 0 Å². The molecule has 29 heavy (non-hydrogen) atoms. The van der Waals surface area contributed by atoms with Gasteiger partial charge in [0, 0.05) is 51.2 Å². The summed E-state index contributed by atoms with van der Waals surface area (Å²) in [5.74, 6) is 0.802. The van der Waals surface area contributed by atoms with Gasteiger partial charge in [-0.15, -0.1) is 24.0 Å². The molecule has 1 amide bonds. The van der Waals surface area contributed by atoms with Gasteiger partial charge in [0.25, 0.3) is 0 Å². The Morgan fingerprint density at radius 1 is 1.28 bits per heavy atom. The number of guanidine groups is 1. The number of ether oxygens (including phenoxy) is 1. The number of nitrogens with one attached hydrogen (secondary N) is 2. The van der Waals surface area contributed by atoms with Gasteiger partial charge in [-0.2, -0.15) is 5.10 Å². The number of amides is 1. The average molecular weight is 522 g/mol. The van der Waals surface area contributed by atoms with Crippen LogP contribution in [0.1, 0.15) is 54.4 Å². The van der Waals surface area contributed by atoms with E-state index in [1.165, 1.54) is 0 Å². The fourth-order valence-corrected chi connectivity index (χ4v) is 2.54. The summed E-state index contributed by atoms with van der Waals surface area (Å²) in [6, 6.07) is 2.02. The van der Waals surface area contributed by atoms with Crippen LogP contribution in [0.4, 0.5) is 4.79 Å². The molecule has 0 spiro atoms. The number of aromatic nitrogens is 2. The molecule has 1 rings (SSSR count). The highest BCUT2D eigenvalue weighted by Gasteiger charge is 2.23. The summed E-state index contributed by atoms with van der Waals surface area (Å²) < 4.78 is 7.41. The second kappa shape index (κ2) is 14.5. The van der Waals surface area contributed by atoms with Crippen LogP contribution in [0, 0.1) is 0 Å². The minimum atomic E-state index is -0.485. The molecule has 0 aliphatic rings. The van der Waals surface area contributed by atoms with Crippen molar-refractivity contribution in [2.45, 2.75) is 72.6 Å². The number of aryl methyl sites for hydroxylation is 1. The van der Waals surface area contributed by atoms with Crippen LogP contribution in [0.2, 0.25) is 0 Å². The normalized spacial score (nSPS) is 11.8. The van der Waals surface area contributed by atoms with Crippen LogP contribution < -0.4 is 10.6 Å². The predicted molar refractivity (Wildman–Crippen MR) is 129 cm³/mol. The molecular weight excluding hydrogens is 483 g/mol. The summed E-state index contributed by atoms with van der Waals surface area (Å²) >= 11 is 0. The van der Waals surface area contributed by atoms with Crippen molar-refractivity contribution in [3.63, 3.8) is 0 Å². The molecule has 0 bridgehead atoms. The SMILES string of the molecule is CCNC(=NCCCN(C(=O)OC(C)(C)C)C(C)C)NCCCn1cccn1.I. The van der Waals surface area contributed by atoms with Gasteiger partial charge in [0.15, 0.2) is 5.96 Å². The van der Waals surface area contributed by atoms with Gasteiger partial charge in [-0.1, -0.05) is 0 Å². The summed E-state index contributed by atoms with van der Waals surface area (Å²) in [6.07, 6.45) is 5.23. The van der Waals surface area contributed by atoms with Crippen molar-refractivity contribution in [2.75, 3.05) is 26.2 Å². The van der Waals surface area contributed by atoms with E-state index in [9.17, 15) is 4.79 Å². The number of halogens is 1. The fraction of sp³-hybridized carbons (Fsp3) is 0.750. The molecule has 1 aromatic rings. The van der Waals surface area contributed by atoms with Crippen molar-refractivity contribution in [3.05, 3.63) is 18.5 Å². The molecule has 0 saturated carbocycles. The molecule has 1 aromatic heterocycles. The van der Waals surface area contributed by atoms with Crippen molar-refractivity contribution >= 4 is 36.0 Å². The van der Waals surface area contributed by atoms with E-state index < -0.39 is 5.60 Å². The van der Waals surface area contributed by atoms with E-state index >= 15 is 0 Å². The summed E-state index contributed by atoms with van der Waals surface area (Å²) in [7, 11) is 0. The largest absolute Gasteiger partial charge is 0.444 e. The minimum Gasteiger partial charge on any atom is -0.444 e. The second-order valence-electron chi connectivity index (χ2n) is 7.93. The monoisotopic (exact) mass is 522 g/mol. The van der Waals surface area contributed by atoms with Gasteiger partial charge in [-0.25, -0.2) is 4.79 Å². The molecule has 1 heterocycles. The van der Waals surface area contributed by atoms with E-state index in [0.29, 0.717) is 13.1 Å². The lowest BCUT2D eigenvalue weighted by Crippen LogP contribution is -2.42. The molecule has 0 fully saturated rings. The first kappa shape index (κ1) is 27.5. The summed E-state index contributed by atoms with van der Waals surface area (Å²) in [4.78, 5) is 18.7. The molecule has 0 aliphatic carbocycles. The third-order valence-corrected chi connectivity index (χ3v) is 3.84. The zero-order chi connectivity index (χ0) is 21.0. The molecule has 0 aromatic carbocycles. The lowest BCUT2D eigenvalue weighted by molar-refractivity contribution is 0.0190. The van der Waals surface area contributed by atoms with Crippen LogP contribution in [0.3, 0.4) is 0 Å². The second-order valence-corrected chi connectivity index (χ2v) is 7.93. The number of carbonyl (C=O) groups is 1. The highest BCUT2D eigenvalue weighted by molar-refractivity contribution is 14.0. The number of carbonyl (C=O) groups excluding carboxylic acids is 1. The Morgan fingerprint density at radius 3 is 2.55 bits per heavy atom. The Morgan fingerprint density at radius 2 is 2.00 bits per heavy atom. The topological polar surface area (TPSA) is 83.8 Å². The van der Waals surface area contributed by atoms with Crippen LogP contribution in [0.25, 0.3) is 0 Å². The van der Waals surface area contributed by atoms with Gasteiger partial charge in [-0.3, -0.25) is 9.67 Å². The van der Waals surface area contributed by atoms with Gasteiger partial charge in [0.2, 0.25) is 0 Å². The maximum Gasteiger partial charge on any atom is 0.410 e. The molecule has 0 aliphatic heterocycles. The smallest absolute Gasteiger partial charge is 0.410 e. The van der Waals surface area contributed by atoms with E-state index in [0.717, 1.165) is 38.4 Å². The first-order valence-corrected chi connectivity index (χ1v) is 10.2. The lowest BCUT2D eigenvalue weighted by Gasteiger charge is -2.30. The Labute approximate surface area is 192 Å². The van der Waals surface area contributed by atoms with Crippen molar-refractivity contribution in [1.82, 2.24) is 25.3 Å². The fourth-order valence-electron chi connectivity index (χ4n) is 2.54. The van der Waals surface area contributed by atoms with Gasteiger partial charge in [0.1, 0.15) is 5.60 Å². The molecule has 8 nitrogen and oxygen atoms in total. The Balaban J connectivity index is 0.00000784. The molecule has 0 radical (unpaired) electrons. The number of nitrogens with zero attached hydrogens (tertiary/aromatic N) is 4. The Hall–Kier alpha value is -1.52. The van der Waals surface area contributed by atoms with Crippen LogP contribution in [-0.2, 0) is 11.3 Å². The molecule has 0 atom stereocenters. The first-order chi connectivity index (χ1) is 13.2. The van der Waals surface area contributed by atoms with Gasteiger partial charge < -0.3 is 20.3 Å². The molecule has 0 saturated heterocycles. The zero-order valence-electron chi connectivity index (χ0n) is 18.8. The number of hydrogen-bond donors (Lipinski definition) is 2. The zero-order valence-corrected chi connectivity index (χ0v) is 21.1. The van der Waals surface area contributed by atoms with Gasteiger partial charge >= 0.3 is 6.09 Å².